The third-order valence-electron chi connectivity index (χ3n) is 4.71. The fourth-order valence-corrected chi connectivity index (χ4v) is 3.72. The van der Waals surface area contributed by atoms with Crippen LogP contribution in [0.2, 0.25) is 0 Å². The number of amides is 1. The molecule has 114 valence electrons. The number of nitrogens with zero attached hydrogens (tertiary/aromatic N) is 1. The third kappa shape index (κ3) is 3.31. The quantitative estimate of drug-likeness (QED) is 0.766. The van der Waals surface area contributed by atoms with Gasteiger partial charge in [-0.25, -0.2) is 4.39 Å². The van der Waals surface area contributed by atoms with Crippen molar-refractivity contribution in [2.24, 2.45) is 5.92 Å². The summed E-state index contributed by atoms with van der Waals surface area (Å²) < 4.78 is 14.2. The van der Waals surface area contributed by atoms with Gasteiger partial charge in [0.05, 0.1) is 5.56 Å². The molecule has 0 saturated heterocycles. The Kier molecular flexibility index (Phi) is 4.34. The first-order valence-electron chi connectivity index (χ1n) is 7.84. The van der Waals surface area contributed by atoms with Gasteiger partial charge >= 0.3 is 0 Å². The Bertz CT molecular complexity index is 536. The number of halogens is 2. The van der Waals surface area contributed by atoms with Gasteiger partial charge in [-0.3, -0.25) is 4.79 Å². The summed E-state index contributed by atoms with van der Waals surface area (Å²) in [5.41, 5.74) is 0.459. The number of hydrogen-bond donors (Lipinski definition) is 0. The lowest BCUT2D eigenvalue weighted by atomic mass is 9.86. The van der Waals surface area contributed by atoms with E-state index in [1.807, 2.05) is 4.90 Å². The lowest BCUT2D eigenvalue weighted by molar-refractivity contribution is 0.0591. The van der Waals surface area contributed by atoms with Crippen molar-refractivity contribution in [3.63, 3.8) is 0 Å². The van der Waals surface area contributed by atoms with Crippen LogP contribution in [0.4, 0.5) is 4.39 Å². The molecule has 0 radical (unpaired) electrons. The number of rotatable bonds is 3. The zero-order valence-electron chi connectivity index (χ0n) is 12.3. The maximum atomic E-state index is 13.5. The summed E-state index contributed by atoms with van der Waals surface area (Å²) in [7, 11) is 0. The first kappa shape index (κ1) is 15.0. The first-order chi connectivity index (χ1) is 10.1. The molecule has 2 nitrogen and oxygen atoms in total. The molecule has 1 aromatic carbocycles. The Morgan fingerprint density at radius 3 is 2.29 bits per heavy atom. The Labute approximate surface area is 133 Å². The van der Waals surface area contributed by atoms with Gasteiger partial charge in [0.2, 0.25) is 0 Å². The number of carbonyl (C=O) groups excluding carboxylic acids is 1. The van der Waals surface area contributed by atoms with Gasteiger partial charge in [-0.2, -0.15) is 0 Å². The van der Waals surface area contributed by atoms with Crippen molar-refractivity contribution in [3.8, 4) is 0 Å². The van der Waals surface area contributed by atoms with E-state index in [1.54, 1.807) is 6.07 Å². The van der Waals surface area contributed by atoms with E-state index in [0.29, 0.717) is 22.1 Å². The van der Waals surface area contributed by atoms with E-state index >= 15 is 0 Å². The average molecular weight is 354 g/mol. The molecule has 2 fully saturated rings. The molecule has 0 aromatic heterocycles. The van der Waals surface area contributed by atoms with Gasteiger partial charge in [-0.1, -0.05) is 6.92 Å². The molecule has 0 unspecified atom stereocenters. The first-order valence-corrected chi connectivity index (χ1v) is 8.63. The molecular weight excluding hydrogens is 333 g/mol. The summed E-state index contributed by atoms with van der Waals surface area (Å²) >= 11 is 3.39. The molecule has 4 heteroatoms. The topological polar surface area (TPSA) is 20.3 Å². The Morgan fingerprint density at radius 1 is 1.14 bits per heavy atom. The second-order valence-electron chi connectivity index (χ2n) is 6.48. The van der Waals surface area contributed by atoms with E-state index in [0.717, 1.165) is 31.6 Å². The van der Waals surface area contributed by atoms with Crippen LogP contribution in [0, 0.1) is 11.7 Å². The fraction of sp³-hybridized carbons (Fsp3) is 0.588. The van der Waals surface area contributed by atoms with Crippen molar-refractivity contribution in [3.05, 3.63) is 34.1 Å². The zero-order chi connectivity index (χ0) is 15.0. The SMILES string of the molecule is CC1CCC(N(C(=O)c2cc(F)ccc2Br)C2CC2)CC1. The second kappa shape index (κ2) is 6.07. The molecule has 2 aliphatic rings. The second-order valence-corrected chi connectivity index (χ2v) is 7.34. The van der Waals surface area contributed by atoms with Crippen LogP contribution in [0.15, 0.2) is 22.7 Å². The van der Waals surface area contributed by atoms with E-state index in [1.165, 1.54) is 25.0 Å². The third-order valence-corrected chi connectivity index (χ3v) is 5.40. The number of carbonyl (C=O) groups is 1. The predicted molar refractivity (Wildman–Crippen MR) is 84.7 cm³/mol. The van der Waals surface area contributed by atoms with Gasteiger partial charge < -0.3 is 4.90 Å². The van der Waals surface area contributed by atoms with E-state index < -0.39 is 0 Å². The Morgan fingerprint density at radius 2 is 1.71 bits per heavy atom. The van der Waals surface area contributed by atoms with Gasteiger partial charge in [0.1, 0.15) is 5.82 Å². The minimum Gasteiger partial charge on any atom is -0.333 e. The lowest BCUT2D eigenvalue weighted by Crippen LogP contribution is -2.43. The molecule has 0 bridgehead atoms. The van der Waals surface area contributed by atoms with Crippen LogP contribution in [0.5, 0.6) is 0 Å². The molecule has 21 heavy (non-hydrogen) atoms. The van der Waals surface area contributed by atoms with E-state index in [2.05, 4.69) is 22.9 Å². The van der Waals surface area contributed by atoms with Crippen LogP contribution in [0.1, 0.15) is 55.8 Å². The molecule has 2 saturated carbocycles. The van der Waals surface area contributed by atoms with Crippen molar-refractivity contribution in [2.45, 2.75) is 57.5 Å². The molecule has 1 amide bonds. The summed E-state index contributed by atoms with van der Waals surface area (Å²) in [6.45, 7) is 2.28. The predicted octanol–water partition coefficient (Wildman–Crippen LogP) is 4.77. The van der Waals surface area contributed by atoms with E-state index in [4.69, 9.17) is 0 Å². The monoisotopic (exact) mass is 353 g/mol. The maximum absolute atomic E-state index is 13.5. The zero-order valence-corrected chi connectivity index (χ0v) is 13.9. The van der Waals surface area contributed by atoms with E-state index in [9.17, 15) is 9.18 Å². The summed E-state index contributed by atoms with van der Waals surface area (Å²) in [6, 6.07) is 5.05. The van der Waals surface area contributed by atoms with Crippen LogP contribution < -0.4 is 0 Å². The van der Waals surface area contributed by atoms with Crippen LogP contribution in [0.3, 0.4) is 0 Å². The van der Waals surface area contributed by atoms with Gasteiger partial charge in [0.15, 0.2) is 0 Å². The van der Waals surface area contributed by atoms with Gasteiger partial charge in [-0.05, 0) is 78.6 Å². The molecule has 0 N–H and O–H groups in total. The van der Waals surface area contributed by atoms with Crippen LogP contribution in [-0.4, -0.2) is 22.9 Å². The lowest BCUT2D eigenvalue weighted by Gasteiger charge is -2.36. The van der Waals surface area contributed by atoms with Crippen molar-refractivity contribution in [1.82, 2.24) is 4.90 Å². The van der Waals surface area contributed by atoms with Gasteiger partial charge in [-0.15, -0.1) is 0 Å². The molecule has 3 rings (SSSR count). The molecule has 0 spiro atoms. The molecule has 1 aromatic rings. The summed E-state index contributed by atoms with van der Waals surface area (Å²) in [5.74, 6) is 0.399. The molecule has 0 atom stereocenters. The van der Waals surface area contributed by atoms with Crippen molar-refractivity contribution < 1.29 is 9.18 Å². The standard InChI is InChI=1S/C17H21BrFNO/c1-11-2-5-13(6-3-11)20(14-7-8-14)17(21)15-10-12(19)4-9-16(15)18/h4,9-11,13-14H,2-3,5-8H2,1H3. The smallest absolute Gasteiger partial charge is 0.255 e. The molecule has 0 heterocycles. The number of benzene rings is 1. The summed E-state index contributed by atoms with van der Waals surface area (Å²) in [6.07, 6.45) is 6.71. The van der Waals surface area contributed by atoms with Crippen molar-refractivity contribution in [2.75, 3.05) is 0 Å². The van der Waals surface area contributed by atoms with Gasteiger partial charge in [0, 0.05) is 16.6 Å². The normalized spacial score (nSPS) is 25.7. The molecule has 2 aliphatic carbocycles. The van der Waals surface area contributed by atoms with Crippen LogP contribution in [-0.2, 0) is 0 Å². The minimum atomic E-state index is -0.352. The molecule has 0 aliphatic heterocycles. The summed E-state index contributed by atoms with van der Waals surface area (Å²) in [4.78, 5) is 15.0. The van der Waals surface area contributed by atoms with Crippen LogP contribution in [0.25, 0.3) is 0 Å². The maximum Gasteiger partial charge on any atom is 0.255 e. The highest BCUT2D eigenvalue weighted by Crippen LogP contribution is 2.37. The highest BCUT2D eigenvalue weighted by Gasteiger charge is 2.39. The summed E-state index contributed by atoms with van der Waals surface area (Å²) in [5, 5.41) is 0. The highest BCUT2D eigenvalue weighted by molar-refractivity contribution is 9.10. The fourth-order valence-electron chi connectivity index (χ4n) is 3.30. The van der Waals surface area contributed by atoms with Crippen molar-refractivity contribution >= 4 is 21.8 Å². The Hall–Kier alpha value is -0.900. The van der Waals surface area contributed by atoms with Gasteiger partial charge in [0.25, 0.3) is 5.91 Å². The molecular formula is C17H21BrFNO. The largest absolute Gasteiger partial charge is 0.333 e. The number of hydrogen-bond acceptors (Lipinski definition) is 1. The highest BCUT2D eigenvalue weighted by atomic mass is 79.9. The van der Waals surface area contributed by atoms with E-state index in [-0.39, 0.29) is 11.7 Å². The van der Waals surface area contributed by atoms with Crippen LogP contribution >= 0.6 is 15.9 Å². The average Bonchev–Trinajstić information content (AvgIpc) is 3.28. The Balaban J connectivity index is 1.83. The van der Waals surface area contributed by atoms with Crippen molar-refractivity contribution in [1.29, 1.82) is 0 Å². The minimum absolute atomic E-state index is 0.0107.